The average molecular weight is 224 g/mol. The highest BCUT2D eigenvalue weighted by Gasteiger charge is 2.23. The van der Waals surface area contributed by atoms with Gasteiger partial charge in [0.15, 0.2) is 0 Å². The molecule has 0 aromatic heterocycles. The van der Waals surface area contributed by atoms with Gasteiger partial charge in [0.2, 0.25) is 6.08 Å². The fourth-order valence-corrected chi connectivity index (χ4v) is 1.65. The van der Waals surface area contributed by atoms with Crippen LogP contribution in [0.2, 0.25) is 0 Å². The molecule has 0 aromatic rings. The van der Waals surface area contributed by atoms with Crippen LogP contribution < -0.4 is 0 Å². The van der Waals surface area contributed by atoms with Crippen molar-refractivity contribution in [3.63, 3.8) is 0 Å². The average Bonchev–Trinajstić information content (AvgIpc) is 2.06. The van der Waals surface area contributed by atoms with Crippen molar-refractivity contribution < 1.29 is 21.4 Å². The molecule has 80 valence electrons. The number of hydrogen-bond donors (Lipinski definition) is 0. The van der Waals surface area contributed by atoms with Crippen LogP contribution in [0.25, 0.3) is 0 Å². The smallest absolute Gasteiger partial charge is 0.211 e. The van der Waals surface area contributed by atoms with Crippen LogP contribution in [0.1, 0.15) is 12.8 Å². The summed E-state index contributed by atoms with van der Waals surface area (Å²) in [6.07, 6.45) is 2.32. The van der Waals surface area contributed by atoms with Crippen LogP contribution in [-0.2, 0) is 19.6 Å². The molecule has 0 spiro atoms. The van der Waals surface area contributed by atoms with E-state index in [0.717, 1.165) is 5.06 Å². The molecule has 0 bridgehead atoms. The lowest BCUT2D eigenvalue weighted by atomic mass is 10.1. The normalized spacial score (nSPS) is 20.4. The van der Waals surface area contributed by atoms with Gasteiger partial charge in [0.1, 0.15) is 0 Å². The maximum atomic E-state index is 12.0. The Morgan fingerprint density at radius 3 is 2.43 bits per heavy atom. The van der Waals surface area contributed by atoms with Crippen molar-refractivity contribution in [2.24, 2.45) is 4.99 Å². The predicted molar refractivity (Wildman–Crippen MR) is 43.8 cm³/mol. The van der Waals surface area contributed by atoms with Crippen LogP contribution in [0.4, 0.5) is 3.89 Å². The van der Waals surface area contributed by atoms with E-state index in [1.54, 1.807) is 0 Å². The zero-order valence-electron chi connectivity index (χ0n) is 7.22. The summed E-state index contributed by atoms with van der Waals surface area (Å²) in [7, 11) is -4.94. The Kier molecular flexibility index (Phi) is 3.70. The van der Waals surface area contributed by atoms with Crippen molar-refractivity contribution in [3.8, 4) is 0 Å². The van der Waals surface area contributed by atoms with Crippen molar-refractivity contribution in [1.82, 2.24) is 5.06 Å². The lowest BCUT2D eigenvalue weighted by molar-refractivity contribution is -0.0734. The molecular formula is C6H9FN2O4S. The Morgan fingerprint density at radius 1 is 1.43 bits per heavy atom. The van der Waals surface area contributed by atoms with Crippen molar-refractivity contribution in [2.75, 3.05) is 13.1 Å². The molecule has 0 saturated carbocycles. The topological polar surface area (TPSA) is 76.0 Å². The zero-order chi connectivity index (χ0) is 10.6. The number of piperidine rings is 1. The third kappa shape index (κ3) is 3.93. The SMILES string of the molecule is O=C=NC1CCN(OS(=O)(=O)F)CC1. The largest absolute Gasteiger partial charge is 0.454 e. The second-order valence-corrected chi connectivity index (χ2v) is 3.78. The van der Waals surface area contributed by atoms with E-state index in [2.05, 4.69) is 9.28 Å². The van der Waals surface area contributed by atoms with Crippen molar-refractivity contribution >= 4 is 16.6 Å². The number of hydrogen-bond acceptors (Lipinski definition) is 6. The molecule has 1 heterocycles. The first-order chi connectivity index (χ1) is 6.51. The van der Waals surface area contributed by atoms with Gasteiger partial charge < -0.3 is 0 Å². The summed E-state index contributed by atoms with van der Waals surface area (Å²) in [4.78, 5) is 13.4. The fraction of sp³-hybridized carbons (Fsp3) is 0.833. The summed E-state index contributed by atoms with van der Waals surface area (Å²) in [5.41, 5.74) is 0. The maximum Gasteiger partial charge on any atom is 0.454 e. The second kappa shape index (κ2) is 4.61. The quantitative estimate of drug-likeness (QED) is 0.381. The van der Waals surface area contributed by atoms with Crippen LogP contribution >= 0.6 is 0 Å². The van der Waals surface area contributed by atoms with E-state index in [1.165, 1.54) is 6.08 Å². The summed E-state index contributed by atoms with van der Waals surface area (Å²) in [6, 6.07) is -0.172. The van der Waals surface area contributed by atoms with Crippen LogP contribution in [0.5, 0.6) is 0 Å². The molecule has 1 aliphatic rings. The highest BCUT2D eigenvalue weighted by molar-refractivity contribution is 7.81. The molecule has 0 unspecified atom stereocenters. The lowest BCUT2D eigenvalue weighted by Crippen LogP contribution is -2.36. The van der Waals surface area contributed by atoms with Gasteiger partial charge in [-0.25, -0.2) is 9.79 Å². The van der Waals surface area contributed by atoms with E-state index in [9.17, 15) is 17.1 Å². The van der Waals surface area contributed by atoms with E-state index in [-0.39, 0.29) is 19.1 Å². The summed E-state index contributed by atoms with van der Waals surface area (Å²) in [5, 5.41) is 0.992. The first-order valence-corrected chi connectivity index (χ1v) is 5.28. The monoisotopic (exact) mass is 224 g/mol. The van der Waals surface area contributed by atoms with Crippen molar-refractivity contribution in [1.29, 1.82) is 0 Å². The van der Waals surface area contributed by atoms with E-state index in [1.807, 2.05) is 0 Å². The van der Waals surface area contributed by atoms with Gasteiger partial charge in [-0.1, -0.05) is 3.89 Å². The van der Waals surface area contributed by atoms with Gasteiger partial charge in [0.25, 0.3) is 0 Å². The van der Waals surface area contributed by atoms with E-state index in [4.69, 9.17) is 0 Å². The van der Waals surface area contributed by atoms with E-state index >= 15 is 0 Å². The Bertz CT molecular complexity index is 330. The fourth-order valence-electron chi connectivity index (χ4n) is 1.25. The third-order valence-corrected chi connectivity index (χ3v) is 2.24. The molecule has 0 N–H and O–H groups in total. The van der Waals surface area contributed by atoms with Crippen LogP contribution in [0.15, 0.2) is 4.99 Å². The van der Waals surface area contributed by atoms with Crippen LogP contribution in [0, 0.1) is 0 Å². The van der Waals surface area contributed by atoms with E-state index in [0.29, 0.717) is 12.8 Å². The highest BCUT2D eigenvalue weighted by Crippen LogP contribution is 2.14. The molecule has 1 aliphatic heterocycles. The molecule has 14 heavy (non-hydrogen) atoms. The summed E-state index contributed by atoms with van der Waals surface area (Å²) in [6.45, 7) is 0.442. The number of halogens is 1. The molecule has 8 heteroatoms. The minimum absolute atomic E-state index is 0.172. The minimum atomic E-state index is -4.94. The lowest BCUT2D eigenvalue weighted by Gasteiger charge is -2.26. The molecule has 0 aliphatic carbocycles. The Hall–Kier alpha value is -0.820. The van der Waals surface area contributed by atoms with Gasteiger partial charge >= 0.3 is 10.5 Å². The Labute approximate surface area is 80.7 Å². The molecule has 0 atom stereocenters. The predicted octanol–water partition coefficient (Wildman–Crippen LogP) is -0.0675. The third-order valence-electron chi connectivity index (χ3n) is 1.85. The Morgan fingerprint density at radius 2 is 2.00 bits per heavy atom. The molecule has 1 rings (SSSR count). The molecule has 1 fully saturated rings. The molecule has 1 saturated heterocycles. The van der Waals surface area contributed by atoms with Gasteiger partial charge in [-0.3, -0.25) is 0 Å². The highest BCUT2D eigenvalue weighted by atomic mass is 32.3. The number of isocyanates is 1. The number of rotatable bonds is 3. The molecule has 6 nitrogen and oxygen atoms in total. The number of aliphatic imine (C=N–C) groups is 1. The number of carbonyl (C=O) groups excluding carboxylic acids is 1. The van der Waals surface area contributed by atoms with E-state index < -0.39 is 10.5 Å². The minimum Gasteiger partial charge on any atom is -0.211 e. The zero-order valence-corrected chi connectivity index (χ0v) is 8.04. The Balaban J connectivity index is 2.40. The van der Waals surface area contributed by atoms with Crippen molar-refractivity contribution in [3.05, 3.63) is 0 Å². The first kappa shape index (κ1) is 11.3. The first-order valence-electron chi connectivity index (χ1n) is 3.97. The molecule has 0 amide bonds. The van der Waals surface area contributed by atoms with Gasteiger partial charge in [-0.05, 0) is 12.8 Å². The van der Waals surface area contributed by atoms with Gasteiger partial charge in [-0.2, -0.15) is 17.8 Å². The molecule has 0 aromatic carbocycles. The van der Waals surface area contributed by atoms with Crippen LogP contribution in [0.3, 0.4) is 0 Å². The van der Waals surface area contributed by atoms with Gasteiger partial charge in [0, 0.05) is 13.1 Å². The van der Waals surface area contributed by atoms with Crippen LogP contribution in [-0.4, -0.2) is 38.7 Å². The number of hydroxylamine groups is 2. The maximum absolute atomic E-state index is 12.0. The van der Waals surface area contributed by atoms with Gasteiger partial charge in [-0.15, -0.1) is 0 Å². The molecular weight excluding hydrogens is 215 g/mol. The summed E-state index contributed by atoms with van der Waals surface area (Å²) >= 11 is 0. The summed E-state index contributed by atoms with van der Waals surface area (Å²) < 4.78 is 36.2. The van der Waals surface area contributed by atoms with Crippen molar-refractivity contribution in [2.45, 2.75) is 18.9 Å². The standard InChI is InChI=1S/C6H9FN2O4S/c7-14(11,12)13-9-3-1-6(2-4-9)8-5-10/h6H,1-4H2. The molecule has 0 radical (unpaired) electrons. The number of nitrogens with zero attached hydrogens (tertiary/aromatic N) is 2. The second-order valence-electron chi connectivity index (χ2n) is 2.85. The summed E-state index contributed by atoms with van der Waals surface area (Å²) in [5.74, 6) is 0. The van der Waals surface area contributed by atoms with Gasteiger partial charge in [0.05, 0.1) is 6.04 Å².